The summed E-state index contributed by atoms with van der Waals surface area (Å²) in [5.74, 6) is -0.569. The number of rotatable bonds is 2. The molecule has 0 saturated heterocycles. The lowest BCUT2D eigenvalue weighted by molar-refractivity contribution is -0.0215. The van der Waals surface area contributed by atoms with Crippen molar-refractivity contribution in [3.05, 3.63) is 35.9 Å². The Morgan fingerprint density at radius 1 is 1.27 bits per heavy atom. The molecule has 11 heavy (non-hydrogen) atoms. The van der Waals surface area contributed by atoms with Crippen molar-refractivity contribution in [2.24, 2.45) is 0 Å². The third kappa shape index (κ3) is 2.05. The van der Waals surface area contributed by atoms with Crippen LogP contribution in [0, 0.1) is 0 Å². The number of carbonyl (C=O) groups is 1. The van der Waals surface area contributed by atoms with Crippen LogP contribution in [0.25, 0.3) is 0 Å². The van der Waals surface area contributed by atoms with Gasteiger partial charge in [0, 0.05) is 0 Å². The summed E-state index contributed by atoms with van der Waals surface area (Å²) >= 11 is 0. The highest BCUT2D eigenvalue weighted by molar-refractivity contribution is 5.89. The number of benzene rings is 1. The van der Waals surface area contributed by atoms with Crippen molar-refractivity contribution in [3.8, 4) is 0 Å². The summed E-state index contributed by atoms with van der Waals surface area (Å²) in [7, 11) is 0. The topological polar surface area (TPSA) is 46.2 Å². The predicted octanol–water partition coefficient (Wildman–Crippen LogP) is 1.23. The molecule has 0 amide bonds. The Labute approximate surface area is 64.2 Å². The largest absolute Gasteiger partial charge is 0.432 e. The van der Waals surface area contributed by atoms with Crippen LogP contribution in [-0.2, 0) is 9.84 Å². The molecular weight excluding hydrogens is 144 g/mol. The molecule has 0 bridgehead atoms. The molecule has 0 aliphatic heterocycles. The van der Waals surface area contributed by atoms with E-state index in [9.17, 15) is 9.90 Å². The van der Waals surface area contributed by atoms with E-state index in [1.54, 1.807) is 30.3 Å². The van der Waals surface area contributed by atoms with Crippen molar-refractivity contribution >= 4 is 5.97 Å². The van der Waals surface area contributed by atoms with Crippen molar-refractivity contribution in [1.29, 1.82) is 0 Å². The molecule has 0 heterocycles. The average molecular weight is 151 g/mol. The molecule has 1 aromatic carbocycles. The zero-order valence-corrected chi connectivity index (χ0v) is 5.82. The fourth-order valence-corrected chi connectivity index (χ4v) is 0.711. The monoisotopic (exact) mass is 151 g/mol. The minimum absolute atomic E-state index is 0.406. The van der Waals surface area contributed by atoms with Crippen LogP contribution >= 0.6 is 0 Å². The standard InChI is InChI=1S/C8H7O3/c9-6-11-8(10)7-4-2-1-3-5-7/h1-5H,6H2. The average Bonchev–Trinajstić information content (AvgIpc) is 2.07. The van der Waals surface area contributed by atoms with Crippen LogP contribution in [-0.4, -0.2) is 12.8 Å². The summed E-state index contributed by atoms with van der Waals surface area (Å²) in [6.07, 6.45) is 0. The van der Waals surface area contributed by atoms with Gasteiger partial charge in [-0.2, -0.15) is 5.11 Å². The molecule has 57 valence electrons. The summed E-state index contributed by atoms with van der Waals surface area (Å²) in [6.45, 7) is -0.826. The lowest BCUT2D eigenvalue weighted by Crippen LogP contribution is -2.04. The molecule has 0 aliphatic rings. The van der Waals surface area contributed by atoms with Gasteiger partial charge in [-0.1, -0.05) is 18.2 Å². The summed E-state index contributed by atoms with van der Waals surface area (Å²) < 4.78 is 4.23. The molecule has 0 saturated carbocycles. The summed E-state index contributed by atoms with van der Waals surface area (Å²) in [5, 5.41) is 9.87. The van der Waals surface area contributed by atoms with Crippen molar-refractivity contribution in [3.63, 3.8) is 0 Å². The van der Waals surface area contributed by atoms with Crippen molar-refractivity contribution in [2.45, 2.75) is 0 Å². The maximum atomic E-state index is 10.8. The highest BCUT2D eigenvalue weighted by Gasteiger charge is 2.03. The minimum Gasteiger partial charge on any atom is -0.432 e. The maximum absolute atomic E-state index is 10.8. The second kappa shape index (κ2) is 3.73. The Kier molecular flexibility index (Phi) is 2.63. The van der Waals surface area contributed by atoms with Gasteiger partial charge in [-0.15, -0.1) is 0 Å². The van der Waals surface area contributed by atoms with Crippen LogP contribution < -0.4 is 0 Å². The molecule has 0 aromatic heterocycles. The van der Waals surface area contributed by atoms with E-state index in [0.717, 1.165) is 0 Å². The van der Waals surface area contributed by atoms with Crippen LogP contribution in [0.2, 0.25) is 0 Å². The predicted molar refractivity (Wildman–Crippen MR) is 37.4 cm³/mol. The quantitative estimate of drug-likeness (QED) is 0.471. The molecule has 0 unspecified atom stereocenters. The van der Waals surface area contributed by atoms with Gasteiger partial charge in [-0.3, -0.25) is 0 Å². The van der Waals surface area contributed by atoms with E-state index in [-0.39, 0.29) is 0 Å². The minimum atomic E-state index is -0.826. The fraction of sp³-hybridized carbons (Fsp3) is 0.125. The second-order valence-corrected chi connectivity index (χ2v) is 1.92. The van der Waals surface area contributed by atoms with Gasteiger partial charge in [0.1, 0.15) is 0 Å². The molecule has 1 aromatic rings. The first kappa shape index (κ1) is 7.75. The Morgan fingerprint density at radius 3 is 2.45 bits per heavy atom. The van der Waals surface area contributed by atoms with E-state index in [0.29, 0.717) is 5.56 Å². The molecule has 0 N–H and O–H groups in total. The number of ether oxygens (including phenoxy) is 1. The fourth-order valence-electron chi connectivity index (χ4n) is 0.711. The Morgan fingerprint density at radius 2 is 1.91 bits per heavy atom. The van der Waals surface area contributed by atoms with Crippen molar-refractivity contribution in [1.82, 2.24) is 0 Å². The van der Waals surface area contributed by atoms with E-state index in [2.05, 4.69) is 4.74 Å². The van der Waals surface area contributed by atoms with E-state index in [1.807, 2.05) is 0 Å². The van der Waals surface area contributed by atoms with E-state index >= 15 is 0 Å². The Bertz CT molecular complexity index is 230. The van der Waals surface area contributed by atoms with Gasteiger partial charge in [-0.05, 0) is 12.1 Å². The Balaban J connectivity index is 2.69. The van der Waals surface area contributed by atoms with E-state index in [4.69, 9.17) is 0 Å². The Hall–Kier alpha value is -1.35. The smallest absolute Gasteiger partial charge is 0.340 e. The zero-order valence-electron chi connectivity index (χ0n) is 5.82. The van der Waals surface area contributed by atoms with Crippen LogP contribution in [0.5, 0.6) is 0 Å². The number of hydrogen-bond acceptors (Lipinski definition) is 2. The number of esters is 1. The summed E-state index contributed by atoms with van der Waals surface area (Å²) in [6, 6.07) is 8.40. The lowest BCUT2D eigenvalue weighted by Gasteiger charge is -1.97. The highest BCUT2D eigenvalue weighted by Crippen LogP contribution is 1.99. The molecular formula is C8H7O3. The lowest BCUT2D eigenvalue weighted by atomic mass is 10.2. The van der Waals surface area contributed by atoms with Gasteiger partial charge in [0.15, 0.2) is 0 Å². The third-order valence-electron chi connectivity index (χ3n) is 1.20. The van der Waals surface area contributed by atoms with Crippen LogP contribution in [0.1, 0.15) is 10.4 Å². The first-order valence-electron chi connectivity index (χ1n) is 3.15. The van der Waals surface area contributed by atoms with E-state index < -0.39 is 12.8 Å². The number of carbonyl (C=O) groups excluding carboxylic acids is 1. The van der Waals surface area contributed by atoms with Gasteiger partial charge >= 0.3 is 5.97 Å². The summed E-state index contributed by atoms with van der Waals surface area (Å²) in [4.78, 5) is 10.8. The van der Waals surface area contributed by atoms with Crippen molar-refractivity contribution < 1.29 is 14.6 Å². The molecule has 0 spiro atoms. The van der Waals surface area contributed by atoms with Gasteiger partial charge < -0.3 is 4.74 Å². The molecule has 0 aliphatic carbocycles. The van der Waals surface area contributed by atoms with Crippen LogP contribution in [0.15, 0.2) is 30.3 Å². The van der Waals surface area contributed by atoms with E-state index in [1.165, 1.54) is 0 Å². The number of hydrogen-bond donors (Lipinski definition) is 0. The molecule has 1 rings (SSSR count). The second-order valence-electron chi connectivity index (χ2n) is 1.92. The highest BCUT2D eigenvalue weighted by atomic mass is 16.6. The maximum Gasteiger partial charge on any atom is 0.340 e. The van der Waals surface area contributed by atoms with Gasteiger partial charge in [-0.25, -0.2) is 4.79 Å². The van der Waals surface area contributed by atoms with Gasteiger partial charge in [0.05, 0.1) is 5.56 Å². The zero-order chi connectivity index (χ0) is 8.10. The molecule has 1 radical (unpaired) electrons. The van der Waals surface area contributed by atoms with Gasteiger partial charge in [0.2, 0.25) is 6.79 Å². The van der Waals surface area contributed by atoms with Gasteiger partial charge in [0.25, 0.3) is 0 Å². The molecule has 0 fully saturated rings. The van der Waals surface area contributed by atoms with Crippen LogP contribution in [0.3, 0.4) is 0 Å². The first-order chi connectivity index (χ1) is 5.34. The summed E-state index contributed by atoms with van der Waals surface area (Å²) in [5.41, 5.74) is 0.406. The molecule has 3 heteroatoms. The molecule has 3 nitrogen and oxygen atoms in total. The van der Waals surface area contributed by atoms with Crippen LogP contribution in [0.4, 0.5) is 0 Å². The molecule has 0 atom stereocenters. The normalized spacial score (nSPS) is 9.18. The third-order valence-corrected chi connectivity index (χ3v) is 1.20. The first-order valence-corrected chi connectivity index (χ1v) is 3.15. The van der Waals surface area contributed by atoms with Crippen molar-refractivity contribution in [2.75, 3.05) is 6.79 Å². The SMILES string of the molecule is [O]COC(=O)c1ccccc1.